The molecule has 0 aliphatic heterocycles. The van der Waals surface area contributed by atoms with Crippen LogP contribution in [0.1, 0.15) is 10.4 Å². The van der Waals surface area contributed by atoms with E-state index >= 15 is 0 Å². The molecule has 1 aromatic heterocycles. The number of nitrogen functional groups attached to an aromatic ring is 1. The lowest BCUT2D eigenvalue weighted by Gasteiger charge is -2.08. The first-order valence-electron chi connectivity index (χ1n) is 5.46. The van der Waals surface area contributed by atoms with Gasteiger partial charge in [-0.2, -0.15) is 0 Å². The fourth-order valence-electron chi connectivity index (χ4n) is 1.51. The van der Waals surface area contributed by atoms with Crippen molar-refractivity contribution in [1.82, 2.24) is 4.98 Å². The lowest BCUT2D eigenvalue weighted by molar-refractivity contribution is 0.102. The van der Waals surface area contributed by atoms with Gasteiger partial charge in [-0.25, -0.2) is 4.98 Å². The molecule has 0 aliphatic carbocycles. The van der Waals surface area contributed by atoms with Gasteiger partial charge in [0.05, 0.1) is 12.8 Å². The minimum Gasteiger partial charge on any atom is -0.495 e. The van der Waals surface area contributed by atoms with Crippen LogP contribution < -0.4 is 15.8 Å². The summed E-state index contributed by atoms with van der Waals surface area (Å²) < 4.78 is 5.06. The zero-order valence-corrected chi connectivity index (χ0v) is 10.9. The molecule has 0 bridgehead atoms. The van der Waals surface area contributed by atoms with Crippen molar-refractivity contribution in [1.29, 1.82) is 0 Å². The van der Waals surface area contributed by atoms with Crippen LogP contribution in [0.3, 0.4) is 0 Å². The van der Waals surface area contributed by atoms with Gasteiger partial charge in [-0.15, -0.1) is 0 Å². The normalized spacial score (nSPS) is 10.0. The molecule has 0 aliphatic rings. The van der Waals surface area contributed by atoms with Crippen molar-refractivity contribution in [3.63, 3.8) is 0 Å². The summed E-state index contributed by atoms with van der Waals surface area (Å²) in [4.78, 5) is 16.0. The molecule has 19 heavy (non-hydrogen) atoms. The number of amides is 1. The topological polar surface area (TPSA) is 77.2 Å². The molecule has 0 radical (unpaired) electrons. The molecule has 6 heteroatoms. The highest BCUT2D eigenvalue weighted by Gasteiger charge is 2.09. The number of methoxy groups -OCH3 is 1. The van der Waals surface area contributed by atoms with Gasteiger partial charge in [0, 0.05) is 16.8 Å². The predicted molar refractivity (Wildman–Crippen MR) is 74.6 cm³/mol. The maximum atomic E-state index is 12.0. The lowest BCUT2D eigenvalue weighted by Crippen LogP contribution is -2.13. The van der Waals surface area contributed by atoms with Crippen LogP contribution in [0.5, 0.6) is 5.75 Å². The smallest absolute Gasteiger partial charge is 0.256 e. The predicted octanol–water partition coefficient (Wildman–Crippen LogP) is 2.58. The molecule has 5 nitrogen and oxygen atoms in total. The van der Waals surface area contributed by atoms with E-state index < -0.39 is 0 Å². The fourth-order valence-corrected chi connectivity index (χ4v) is 1.67. The minimum absolute atomic E-state index is 0.312. The van der Waals surface area contributed by atoms with Crippen molar-refractivity contribution in [3.8, 4) is 5.75 Å². The molecule has 0 fully saturated rings. The van der Waals surface area contributed by atoms with Gasteiger partial charge in [0.25, 0.3) is 5.91 Å². The number of nitrogens with one attached hydrogen (secondary N) is 1. The van der Waals surface area contributed by atoms with Crippen LogP contribution in [0.15, 0.2) is 36.5 Å². The molecule has 2 rings (SSSR count). The van der Waals surface area contributed by atoms with Crippen molar-refractivity contribution in [2.24, 2.45) is 0 Å². The molecule has 0 saturated heterocycles. The third-order valence-electron chi connectivity index (χ3n) is 2.46. The zero-order chi connectivity index (χ0) is 13.8. The molecule has 1 aromatic carbocycles. The molecule has 2 aromatic rings. The second-order valence-corrected chi connectivity index (χ2v) is 4.21. The van der Waals surface area contributed by atoms with Gasteiger partial charge >= 0.3 is 0 Å². The van der Waals surface area contributed by atoms with E-state index in [1.807, 2.05) is 0 Å². The SMILES string of the molecule is COc1cc(C(=O)Nc2cc(Cl)ccn2)ccc1N. The summed E-state index contributed by atoms with van der Waals surface area (Å²) in [5.41, 5.74) is 6.58. The maximum Gasteiger partial charge on any atom is 0.256 e. The highest BCUT2D eigenvalue weighted by molar-refractivity contribution is 6.30. The van der Waals surface area contributed by atoms with Gasteiger partial charge in [0.15, 0.2) is 0 Å². The Kier molecular flexibility index (Phi) is 3.87. The van der Waals surface area contributed by atoms with Crippen LogP contribution in [-0.2, 0) is 0 Å². The minimum atomic E-state index is -0.312. The molecular formula is C13H12ClN3O2. The van der Waals surface area contributed by atoms with Crippen LogP contribution in [0.25, 0.3) is 0 Å². The summed E-state index contributed by atoms with van der Waals surface area (Å²) in [5, 5.41) is 3.14. The number of hydrogen-bond donors (Lipinski definition) is 2. The number of hydrogen-bond acceptors (Lipinski definition) is 4. The number of nitrogens with two attached hydrogens (primary N) is 1. The molecular weight excluding hydrogens is 266 g/mol. The summed E-state index contributed by atoms with van der Waals surface area (Å²) in [6.45, 7) is 0. The van der Waals surface area contributed by atoms with Gasteiger partial charge in [0.1, 0.15) is 11.6 Å². The molecule has 0 saturated carbocycles. The average molecular weight is 278 g/mol. The molecule has 3 N–H and O–H groups in total. The molecule has 1 heterocycles. The standard InChI is InChI=1S/C13H12ClN3O2/c1-19-11-6-8(2-3-10(11)15)13(18)17-12-7-9(14)4-5-16-12/h2-7H,15H2,1H3,(H,16,17,18). The van der Waals surface area contributed by atoms with Crippen molar-refractivity contribution in [2.45, 2.75) is 0 Å². The third-order valence-corrected chi connectivity index (χ3v) is 2.69. The van der Waals surface area contributed by atoms with Crippen LogP contribution in [0, 0.1) is 0 Å². The van der Waals surface area contributed by atoms with E-state index in [1.54, 1.807) is 30.3 Å². The van der Waals surface area contributed by atoms with Crippen LogP contribution in [0.2, 0.25) is 5.02 Å². The second kappa shape index (κ2) is 5.58. The number of benzene rings is 1. The van der Waals surface area contributed by atoms with Crippen LogP contribution >= 0.6 is 11.6 Å². The van der Waals surface area contributed by atoms with E-state index in [-0.39, 0.29) is 5.91 Å². The van der Waals surface area contributed by atoms with Crippen molar-refractivity contribution < 1.29 is 9.53 Å². The van der Waals surface area contributed by atoms with E-state index in [9.17, 15) is 4.79 Å². The van der Waals surface area contributed by atoms with Crippen LogP contribution in [-0.4, -0.2) is 18.0 Å². The highest BCUT2D eigenvalue weighted by Crippen LogP contribution is 2.22. The number of nitrogens with zero attached hydrogens (tertiary/aromatic N) is 1. The number of pyridine rings is 1. The summed E-state index contributed by atoms with van der Waals surface area (Å²) in [6, 6.07) is 7.98. The van der Waals surface area contributed by atoms with Gasteiger partial charge in [-0.05, 0) is 30.3 Å². The summed E-state index contributed by atoms with van der Waals surface area (Å²) in [7, 11) is 1.49. The average Bonchev–Trinajstić information content (AvgIpc) is 2.39. The number of aromatic nitrogens is 1. The summed E-state index contributed by atoms with van der Waals surface area (Å²) in [6.07, 6.45) is 1.52. The largest absolute Gasteiger partial charge is 0.495 e. The van der Waals surface area contributed by atoms with E-state index in [2.05, 4.69) is 10.3 Å². The molecule has 0 spiro atoms. The number of carbonyl (C=O) groups is 1. The highest BCUT2D eigenvalue weighted by atomic mass is 35.5. The Morgan fingerprint density at radius 1 is 1.37 bits per heavy atom. The van der Waals surface area contributed by atoms with Crippen molar-refractivity contribution >= 4 is 29.0 Å². The summed E-state index contributed by atoms with van der Waals surface area (Å²) in [5.74, 6) is 0.521. The first-order valence-corrected chi connectivity index (χ1v) is 5.84. The first-order chi connectivity index (χ1) is 9.10. The quantitative estimate of drug-likeness (QED) is 0.846. The Morgan fingerprint density at radius 3 is 2.84 bits per heavy atom. The number of rotatable bonds is 3. The Bertz CT molecular complexity index is 617. The fraction of sp³-hybridized carbons (Fsp3) is 0.0769. The van der Waals surface area contributed by atoms with Gasteiger partial charge in [-0.1, -0.05) is 11.6 Å². The number of anilines is 2. The Labute approximate surface area is 115 Å². The zero-order valence-electron chi connectivity index (χ0n) is 10.2. The van der Waals surface area contributed by atoms with Crippen molar-refractivity contribution in [3.05, 3.63) is 47.1 Å². The molecule has 98 valence electrons. The molecule has 1 amide bonds. The van der Waals surface area contributed by atoms with Crippen molar-refractivity contribution in [2.75, 3.05) is 18.2 Å². The van der Waals surface area contributed by atoms with E-state index in [0.29, 0.717) is 27.8 Å². The molecule has 0 atom stereocenters. The van der Waals surface area contributed by atoms with Gasteiger partial charge < -0.3 is 15.8 Å². The Balaban J connectivity index is 2.20. The number of carbonyl (C=O) groups excluding carboxylic acids is 1. The van der Waals surface area contributed by atoms with Crippen LogP contribution in [0.4, 0.5) is 11.5 Å². The number of ether oxygens (including phenoxy) is 1. The Morgan fingerprint density at radius 2 is 2.16 bits per heavy atom. The van der Waals surface area contributed by atoms with E-state index in [1.165, 1.54) is 13.3 Å². The molecule has 0 unspecified atom stereocenters. The second-order valence-electron chi connectivity index (χ2n) is 3.77. The first kappa shape index (κ1) is 13.2. The maximum absolute atomic E-state index is 12.0. The van der Waals surface area contributed by atoms with E-state index in [4.69, 9.17) is 22.1 Å². The van der Waals surface area contributed by atoms with E-state index in [0.717, 1.165) is 0 Å². The Hall–Kier alpha value is -2.27. The monoisotopic (exact) mass is 277 g/mol. The lowest BCUT2D eigenvalue weighted by atomic mass is 10.2. The van der Waals surface area contributed by atoms with Gasteiger partial charge in [-0.3, -0.25) is 4.79 Å². The summed E-state index contributed by atoms with van der Waals surface area (Å²) >= 11 is 5.81. The third kappa shape index (κ3) is 3.14. The van der Waals surface area contributed by atoms with Gasteiger partial charge in [0.2, 0.25) is 0 Å². The number of halogens is 1.